The summed E-state index contributed by atoms with van der Waals surface area (Å²) in [6, 6.07) is 2.34. The summed E-state index contributed by atoms with van der Waals surface area (Å²) in [4.78, 5) is 8.44. The van der Waals surface area contributed by atoms with Gasteiger partial charge in [0, 0.05) is 6.20 Å². The van der Waals surface area contributed by atoms with Gasteiger partial charge < -0.3 is 5.32 Å². The molecule has 1 aliphatic rings. The van der Waals surface area contributed by atoms with E-state index in [1.54, 1.807) is 0 Å². The van der Waals surface area contributed by atoms with Crippen molar-refractivity contribution in [1.82, 2.24) is 14.5 Å². The van der Waals surface area contributed by atoms with Crippen LogP contribution in [0.5, 0.6) is 0 Å². The van der Waals surface area contributed by atoms with E-state index in [9.17, 15) is 0 Å². The fourth-order valence-corrected chi connectivity index (χ4v) is 2.39. The molecule has 0 fully saturated rings. The first kappa shape index (κ1) is 10.3. The van der Waals surface area contributed by atoms with E-state index in [0.717, 1.165) is 17.8 Å². The topological polar surface area (TPSA) is 42.7 Å². The van der Waals surface area contributed by atoms with Crippen molar-refractivity contribution < 1.29 is 0 Å². The Labute approximate surface area is 101 Å². The lowest BCUT2D eigenvalue weighted by Crippen LogP contribution is -2.22. The Kier molecular flexibility index (Phi) is 2.35. The lowest BCUT2D eigenvalue weighted by Gasteiger charge is -2.29. The van der Waals surface area contributed by atoms with Crippen LogP contribution in [-0.4, -0.2) is 14.5 Å². The average Bonchev–Trinajstić information content (AvgIpc) is 2.78. The van der Waals surface area contributed by atoms with Gasteiger partial charge in [0.2, 0.25) is 0 Å². The van der Waals surface area contributed by atoms with Crippen LogP contribution in [0.1, 0.15) is 32.0 Å². The molecule has 3 rings (SSSR count). The van der Waals surface area contributed by atoms with Crippen LogP contribution in [0.25, 0.3) is 5.69 Å². The summed E-state index contributed by atoms with van der Waals surface area (Å²) >= 11 is 0. The number of rotatable bonds is 2. The molecule has 1 N–H and O–H groups in total. The Morgan fingerprint density at radius 2 is 2.24 bits per heavy atom. The van der Waals surface area contributed by atoms with Crippen molar-refractivity contribution in [2.45, 2.75) is 26.3 Å². The first-order valence-electron chi connectivity index (χ1n) is 5.99. The van der Waals surface area contributed by atoms with Crippen LogP contribution in [0.4, 0.5) is 5.69 Å². The number of hydrogen-bond acceptors (Lipinski definition) is 3. The van der Waals surface area contributed by atoms with Crippen molar-refractivity contribution in [3.8, 4) is 5.69 Å². The quantitative estimate of drug-likeness (QED) is 0.859. The first-order chi connectivity index (χ1) is 8.25. The molecule has 0 aliphatic carbocycles. The average molecular weight is 228 g/mol. The third-order valence-corrected chi connectivity index (χ3v) is 3.12. The molecule has 0 saturated heterocycles. The molecule has 0 spiro atoms. The first-order valence-corrected chi connectivity index (χ1v) is 5.99. The van der Waals surface area contributed by atoms with Gasteiger partial charge in [0.15, 0.2) is 0 Å². The molecule has 2 aromatic heterocycles. The monoisotopic (exact) mass is 228 g/mol. The maximum absolute atomic E-state index is 4.26. The van der Waals surface area contributed by atoms with Crippen molar-refractivity contribution in [3.63, 3.8) is 0 Å². The minimum atomic E-state index is 0.328. The van der Waals surface area contributed by atoms with Gasteiger partial charge in [-0.25, -0.2) is 4.98 Å². The molecule has 1 atom stereocenters. The Balaban J connectivity index is 2.06. The smallest absolute Gasteiger partial charge is 0.0995 e. The third-order valence-electron chi connectivity index (χ3n) is 3.12. The van der Waals surface area contributed by atoms with E-state index in [1.807, 2.05) is 31.0 Å². The van der Waals surface area contributed by atoms with Crippen LogP contribution >= 0.6 is 0 Å². The molecule has 1 aliphatic heterocycles. The number of nitrogens with zero attached hydrogens (tertiary/aromatic N) is 3. The van der Waals surface area contributed by atoms with Crippen molar-refractivity contribution >= 4 is 5.69 Å². The SMILES string of the molecule is CC(C)C[C@H]1Nc2cnccc2-n2cncc21. The molecule has 0 bridgehead atoms. The van der Waals surface area contributed by atoms with E-state index < -0.39 is 0 Å². The summed E-state index contributed by atoms with van der Waals surface area (Å²) in [5.41, 5.74) is 3.45. The van der Waals surface area contributed by atoms with Crippen LogP contribution < -0.4 is 5.32 Å². The minimum Gasteiger partial charge on any atom is -0.374 e. The second-order valence-electron chi connectivity index (χ2n) is 4.91. The standard InChI is InChI=1S/C13H16N4/c1-9(2)5-10-13-7-15-8-17(13)12-3-4-14-6-11(12)16-10/h3-4,6-10,16H,5H2,1-2H3/t10-/m1/s1. The Morgan fingerprint density at radius 3 is 3.06 bits per heavy atom. The zero-order valence-corrected chi connectivity index (χ0v) is 10.1. The molecule has 0 radical (unpaired) electrons. The molecule has 3 heterocycles. The van der Waals surface area contributed by atoms with Gasteiger partial charge in [0.25, 0.3) is 0 Å². The van der Waals surface area contributed by atoms with E-state index in [-0.39, 0.29) is 0 Å². The molecule has 88 valence electrons. The molecular formula is C13H16N4. The number of anilines is 1. The Bertz CT molecular complexity index is 530. The number of aromatic nitrogens is 3. The van der Waals surface area contributed by atoms with Crippen LogP contribution in [0.2, 0.25) is 0 Å². The number of imidazole rings is 1. The maximum atomic E-state index is 4.26. The molecule has 2 aromatic rings. The second-order valence-corrected chi connectivity index (χ2v) is 4.91. The van der Waals surface area contributed by atoms with Gasteiger partial charge >= 0.3 is 0 Å². The number of fused-ring (bicyclic) bond motifs is 3. The summed E-state index contributed by atoms with van der Waals surface area (Å²) in [6.45, 7) is 4.47. The highest BCUT2D eigenvalue weighted by Crippen LogP contribution is 2.34. The summed E-state index contributed by atoms with van der Waals surface area (Å²) < 4.78 is 2.15. The van der Waals surface area contributed by atoms with Gasteiger partial charge in [-0.15, -0.1) is 0 Å². The highest BCUT2D eigenvalue weighted by atomic mass is 15.1. The van der Waals surface area contributed by atoms with Crippen molar-refractivity contribution in [1.29, 1.82) is 0 Å². The maximum Gasteiger partial charge on any atom is 0.0995 e. The molecule has 4 heteroatoms. The van der Waals surface area contributed by atoms with Gasteiger partial charge in [-0.2, -0.15) is 0 Å². The molecule has 0 aromatic carbocycles. The van der Waals surface area contributed by atoms with Crippen LogP contribution in [0, 0.1) is 5.92 Å². The minimum absolute atomic E-state index is 0.328. The summed E-state index contributed by atoms with van der Waals surface area (Å²) in [5, 5.41) is 3.55. The van der Waals surface area contributed by atoms with Crippen molar-refractivity contribution in [3.05, 3.63) is 36.7 Å². The number of pyridine rings is 1. The molecule has 17 heavy (non-hydrogen) atoms. The molecule has 0 saturated carbocycles. The van der Waals surface area contributed by atoms with Crippen molar-refractivity contribution in [2.75, 3.05) is 5.32 Å². The van der Waals surface area contributed by atoms with Crippen molar-refractivity contribution in [2.24, 2.45) is 5.92 Å². The normalized spacial score (nSPS) is 17.5. The third kappa shape index (κ3) is 1.69. The van der Waals surface area contributed by atoms with Gasteiger partial charge in [-0.1, -0.05) is 13.8 Å². The molecule has 0 amide bonds. The van der Waals surface area contributed by atoms with Gasteiger partial charge in [-0.05, 0) is 18.4 Å². The summed E-state index contributed by atoms with van der Waals surface area (Å²) in [6.07, 6.45) is 8.62. The predicted octanol–water partition coefficient (Wildman–Crippen LogP) is 2.78. The zero-order chi connectivity index (χ0) is 11.8. The fourth-order valence-electron chi connectivity index (χ4n) is 2.39. The van der Waals surface area contributed by atoms with E-state index >= 15 is 0 Å². The largest absolute Gasteiger partial charge is 0.374 e. The van der Waals surface area contributed by atoms with Crippen LogP contribution in [0.3, 0.4) is 0 Å². The number of nitrogens with one attached hydrogen (secondary N) is 1. The van der Waals surface area contributed by atoms with E-state index in [4.69, 9.17) is 0 Å². The number of hydrogen-bond donors (Lipinski definition) is 1. The lowest BCUT2D eigenvalue weighted by atomic mass is 9.99. The molecular weight excluding hydrogens is 212 g/mol. The van der Waals surface area contributed by atoms with Crippen LogP contribution in [-0.2, 0) is 0 Å². The zero-order valence-electron chi connectivity index (χ0n) is 10.1. The highest BCUT2D eigenvalue weighted by molar-refractivity contribution is 5.63. The van der Waals surface area contributed by atoms with E-state index in [1.165, 1.54) is 5.69 Å². The lowest BCUT2D eigenvalue weighted by molar-refractivity contribution is 0.514. The Hall–Kier alpha value is -1.84. The van der Waals surface area contributed by atoms with E-state index in [0.29, 0.717) is 12.0 Å². The predicted molar refractivity (Wildman–Crippen MR) is 67.2 cm³/mol. The Morgan fingerprint density at radius 1 is 1.35 bits per heavy atom. The van der Waals surface area contributed by atoms with Gasteiger partial charge in [0.1, 0.15) is 0 Å². The van der Waals surface area contributed by atoms with Crippen LogP contribution in [0.15, 0.2) is 31.0 Å². The fraction of sp³-hybridized carbons (Fsp3) is 0.385. The summed E-state index contributed by atoms with van der Waals surface area (Å²) in [7, 11) is 0. The summed E-state index contributed by atoms with van der Waals surface area (Å²) in [5.74, 6) is 0.647. The van der Waals surface area contributed by atoms with E-state index in [2.05, 4.69) is 33.7 Å². The van der Waals surface area contributed by atoms with Gasteiger partial charge in [0.05, 0.1) is 41.8 Å². The molecule has 0 unspecified atom stereocenters. The highest BCUT2D eigenvalue weighted by Gasteiger charge is 2.24. The second kappa shape index (κ2) is 3.87. The van der Waals surface area contributed by atoms with Gasteiger partial charge in [-0.3, -0.25) is 9.55 Å². The molecule has 4 nitrogen and oxygen atoms in total.